The molecule has 1 aromatic heterocycles. The lowest BCUT2D eigenvalue weighted by molar-refractivity contribution is -0.137. The summed E-state index contributed by atoms with van der Waals surface area (Å²) in [5.41, 5.74) is 7.04. The number of nitrogens with zero attached hydrogens (tertiary/aromatic N) is 3. The van der Waals surface area contributed by atoms with Crippen molar-refractivity contribution in [1.82, 2.24) is 4.98 Å². The number of esters is 1. The summed E-state index contributed by atoms with van der Waals surface area (Å²) in [5.74, 6) is -1.10. The van der Waals surface area contributed by atoms with Gasteiger partial charge in [0.1, 0.15) is 18.4 Å². The monoisotopic (exact) mass is 358 g/mol. The Bertz CT molecular complexity index is 803. The summed E-state index contributed by atoms with van der Waals surface area (Å²) in [6.07, 6.45) is 0.970. The molecule has 1 aromatic carbocycles. The number of primary amides is 1. The van der Waals surface area contributed by atoms with Crippen molar-refractivity contribution in [2.24, 2.45) is 10.8 Å². The van der Waals surface area contributed by atoms with Crippen LogP contribution in [0.25, 0.3) is 0 Å². The molecule has 3 rings (SSSR count). The zero-order chi connectivity index (χ0) is 17.8. The lowest BCUT2D eigenvalue weighted by Crippen LogP contribution is -2.39. The molecular weight excluding hydrogens is 340 g/mol. The average Bonchev–Trinajstić information content (AvgIpc) is 3.27. The smallest absolute Gasteiger partial charge is 0.354 e. The quantitative estimate of drug-likeness (QED) is 0.795. The number of hydrogen-bond donors (Lipinski definition) is 1. The molecule has 0 bridgehead atoms. The molecule has 2 N–H and O–H groups in total. The Balaban J connectivity index is 1.70. The number of thiazole rings is 1. The van der Waals surface area contributed by atoms with Gasteiger partial charge in [0, 0.05) is 11.8 Å². The van der Waals surface area contributed by atoms with Crippen LogP contribution in [0.2, 0.25) is 0 Å². The van der Waals surface area contributed by atoms with Gasteiger partial charge in [0.05, 0.1) is 16.4 Å². The molecule has 1 aliphatic heterocycles. The van der Waals surface area contributed by atoms with Crippen molar-refractivity contribution in [3.05, 3.63) is 46.4 Å². The lowest BCUT2D eigenvalue weighted by atomic mass is 10.1. The van der Waals surface area contributed by atoms with Gasteiger partial charge in [-0.25, -0.2) is 9.78 Å². The van der Waals surface area contributed by atoms with E-state index in [2.05, 4.69) is 10.1 Å². The van der Waals surface area contributed by atoms with E-state index in [0.717, 1.165) is 11.4 Å². The minimum Gasteiger partial charge on any atom is -0.455 e. The van der Waals surface area contributed by atoms with E-state index in [-0.39, 0.29) is 18.7 Å². The number of aromatic nitrogens is 1. The van der Waals surface area contributed by atoms with Crippen LogP contribution in [0, 0.1) is 0 Å². The second-order valence-electron chi connectivity index (χ2n) is 5.51. The Kier molecular flexibility index (Phi) is 5.08. The highest BCUT2D eigenvalue weighted by Crippen LogP contribution is 2.24. The van der Waals surface area contributed by atoms with E-state index < -0.39 is 17.9 Å². The maximum atomic E-state index is 12.3. The molecule has 1 unspecified atom stereocenters. The van der Waals surface area contributed by atoms with Crippen LogP contribution in [0.5, 0.6) is 0 Å². The van der Waals surface area contributed by atoms with Gasteiger partial charge in [-0.1, -0.05) is 25.1 Å². The van der Waals surface area contributed by atoms with Gasteiger partial charge >= 0.3 is 5.97 Å². The first kappa shape index (κ1) is 17.1. The van der Waals surface area contributed by atoms with Crippen LogP contribution < -0.4 is 10.7 Å². The molecule has 130 valence electrons. The van der Waals surface area contributed by atoms with Crippen LogP contribution >= 0.6 is 11.3 Å². The number of aryl methyl sites for hydroxylation is 1. The van der Waals surface area contributed by atoms with E-state index in [9.17, 15) is 9.59 Å². The Morgan fingerprint density at radius 2 is 2.12 bits per heavy atom. The fourth-order valence-corrected chi connectivity index (χ4v) is 3.20. The number of para-hydroxylation sites is 1. The van der Waals surface area contributed by atoms with Gasteiger partial charge < -0.3 is 10.5 Å². The molecule has 0 fully saturated rings. The number of carbonyl (C=O) groups is 2. The molecule has 8 heteroatoms. The zero-order valence-electron chi connectivity index (χ0n) is 13.7. The predicted octanol–water partition coefficient (Wildman–Crippen LogP) is 1.87. The van der Waals surface area contributed by atoms with Crippen molar-refractivity contribution in [3.63, 3.8) is 0 Å². The summed E-state index contributed by atoms with van der Waals surface area (Å²) in [6, 6.07) is 8.41. The maximum absolute atomic E-state index is 12.3. The molecule has 2 aromatic rings. The van der Waals surface area contributed by atoms with Crippen LogP contribution in [0.3, 0.4) is 0 Å². The first-order valence-corrected chi connectivity index (χ1v) is 8.78. The van der Waals surface area contributed by atoms with Gasteiger partial charge in [-0.05, 0) is 18.6 Å². The Labute approximate surface area is 149 Å². The van der Waals surface area contributed by atoms with E-state index >= 15 is 0 Å². The lowest BCUT2D eigenvalue weighted by Gasteiger charge is -2.20. The number of benzene rings is 1. The minimum atomic E-state index is -0.698. The van der Waals surface area contributed by atoms with E-state index in [1.54, 1.807) is 12.1 Å². The number of carbonyl (C=O) groups excluding carboxylic acids is 2. The highest BCUT2D eigenvalue weighted by molar-refractivity contribution is 7.09. The molecule has 7 nitrogen and oxygen atoms in total. The Morgan fingerprint density at radius 1 is 1.36 bits per heavy atom. The summed E-state index contributed by atoms with van der Waals surface area (Å²) in [7, 11) is 0. The number of hydrazone groups is 1. The van der Waals surface area contributed by atoms with Gasteiger partial charge in [-0.3, -0.25) is 9.80 Å². The van der Waals surface area contributed by atoms with Crippen molar-refractivity contribution < 1.29 is 14.3 Å². The van der Waals surface area contributed by atoms with Crippen molar-refractivity contribution >= 4 is 34.6 Å². The van der Waals surface area contributed by atoms with E-state index in [1.165, 1.54) is 16.3 Å². The predicted molar refractivity (Wildman–Crippen MR) is 95.2 cm³/mol. The molecule has 1 atom stereocenters. The molecule has 2 heterocycles. The molecule has 25 heavy (non-hydrogen) atoms. The van der Waals surface area contributed by atoms with Crippen LogP contribution in [-0.4, -0.2) is 28.6 Å². The third kappa shape index (κ3) is 3.85. The molecule has 0 saturated heterocycles. The van der Waals surface area contributed by atoms with Crippen molar-refractivity contribution in [1.29, 1.82) is 0 Å². The summed E-state index contributed by atoms with van der Waals surface area (Å²) < 4.78 is 5.28. The number of nitrogens with two attached hydrogens (primary N) is 1. The second kappa shape index (κ2) is 7.43. The van der Waals surface area contributed by atoms with Crippen LogP contribution in [0.4, 0.5) is 5.69 Å². The molecule has 0 aliphatic carbocycles. The van der Waals surface area contributed by atoms with Gasteiger partial charge in [0.25, 0.3) is 0 Å². The molecule has 0 saturated carbocycles. The summed E-state index contributed by atoms with van der Waals surface area (Å²) in [5, 5.41) is 8.58. The number of anilines is 1. The van der Waals surface area contributed by atoms with Crippen LogP contribution in [0.1, 0.15) is 24.0 Å². The summed E-state index contributed by atoms with van der Waals surface area (Å²) >= 11 is 1.53. The third-order valence-electron chi connectivity index (χ3n) is 3.75. The SMILES string of the molecule is CCc1nc(COC(=O)C2=NN(c3ccccc3)C(C(N)=O)C2)cs1. The molecular formula is C17H18N4O3S. The van der Waals surface area contributed by atoms with Gasteiger partial charge in [0.15, 0.2) is 0 Å². The van der Waals surface area contributed by atoms with Gasteiger partial charge in [-0.15, -0.1) is 11.3 Å². The normalized spacial score (nSPS) is 16.6. The topological polar surface area (TPSA) is 97.9 Å². The first-order chi connectivity index (χ1) is 12.1. The molecule has 0 radical (unpaired) electrons. The highest BCUT2D eigenvalue weighted by atomic mass is 32.1. The number of amides is 1. The average molecular weight is 358 g/mol. The van der Waals surface area contributed by atoms with Crippen molar-refractivity contribution in [3.8, 4) is 0 Å². The van der Waals surface area contributed by atoms with Crippen molar-refractivity contribution in [2.75, 3.05) is 5.01 Å². The maximum Gasteiger partial charge on any atom is 0.354 e. The molecule has 1 aliphatic rings. The van der Waals surface area contributed by atoms with Gasteiger partial charge in [-0.2, -0.15) is 5.10 Å². The highest BCUT2D eigenvalue weighted by Gasteiger charge is 2.35. The first-order valence-electron chi connectivity index (χ1n) is 7.90. The zero-order valence-corrected chi connectivity index (χ0v) is 14.5. The second-order valence-corrected chi connectivity index (χ2v) is 6.45. The number of ether oxygens (including phenoxy) is 1. The van der Waals surface area contributed by atoms with E-state index in [0.29, 0.717) is 11.4 Å². The molecule has 1 amide bonds. The Hall–Kier alpha value is -2.74. The number of rotatable bonds is 6. The largest absolute Gasteiger partial charge is 0.455 e. The standard InChI is InChI=1S/C17H18N4O3S/c1-2-15-19-11(10-25-15)9-24-17(23)13-8-14(16(18)22)21(20-13)12-6-4-3-5-7-12/h3-7,10,14H,2,8-9H2,1H3,(H2,18,22). The summed E-state index contributed by atoms with van der Waals surface area (Å²) in [4.78, 5) is 28.3. The van der Waals surface area contributed by atoms with Crippen molar-refractivity contribution in [2.45, 2.75) is 32.4 Å². The van der Waals surface area contributed by atoms with Gasteiger partial charge in [0.2, 0.25) is 5.91 Å². The fraction of sp³-hybridized carbons (Fsp3) is 0.294. The number of hydrogen-bond acceptors (Lipinski definition) is 7. The third-order valence-corrected chi connectivity index (χ3v) is 4.79. The van der Waals surface area contributed by atoms with Crippen LogP contribution in [-0.2, 0) is 27.4 Å². The summed E-state index contributed by atoms with van der Waals surface area (Å²) in [6.45, 7) is 2.10. The van der Waals surface area contributed by atoms with E-state index in [1.807, 2.05) is 30.5 Å². The minimum absolute atomic E-state index is 0.0843. The Morgan fingerprint density at radius 3 is 2.76 bits per heavy atom. The molecule has 0 spiro atoms. The van der Waals surface area contributed by atoms with E-state index in [4.69, 9.17) is 10.5 Å². The van der Waals surface area contributed by atoms with Crippen LogP contribution in [0.15, 0.2) is 40.8 Å². The fourth-order valence-electron chi connectivity index (χ4n) is 2.47.